The molecule has 3 heteroatoms. The normalized spacial score (nSPS) is 13.9. The van der Waals surface area contributed by atoms with E-state index in [1.165, 1.54) is 66.7 Å². The second-order valence-electron chi connectivity index (χ2n) is 13.3. The van der Waals surface area contributed by atoms with Crippen molar-refractivity contribution in [2.75, 3.05) is 0 Å². The molecule has 0 amide bonds. The lowest BCUT2D eigenvalue weighted by molar-refractivity contribution is -0.556. The molecule has 1 aliphatic rings. The molecule has 0 atom stereocenters. The molecule has 1 aromatic heterocycles. The first-order valence-electron chi connectivity index (χ1n) is 15.4. The van der Waals surface area contributed by atoms with Crippen LogP contribution in [-0.4, -0.2) is 12.6 Å². The van der Waals surface area contributed by atoms with Crippen molar-refractivity contribution in [3.63, 3.8) is 0 Å². The zero-order chi connectivity index (χ0) is 29.5. The van der Waals surface area contributed by atoms with Gasteiger partial charge in [-0.2, -0.15) is 4.57 Å². The second-order valence-corrected chi connectivity index (χ2v) is 17.6. The Labute approximate surface area is 251 Å². The topological polar surface area (TPSA) is 8.81 Å². The minimum atomic E-state index is -1.93. The zero-order valence-corrected chi connectivity index (χ0v) is 27.2. The summed E-state index contributed by atoms with van der Waals surface area (Å²) in [6.07, 6.45) is 0. The molecule has 42 heavy (non-hydrogen) atoms. The quantitative estimate of drug-likeness (QED) is 0.149. The molecule has 1 aliphatic heterocycles. The lowest BCUT2D eigenvalue weighted by atomic mass is 9.91. The largest absolute Gasteiger partial charge is 0.295 e. The molecule has 0 unspecified atom stereocenters. The van der Waals surface area contributed by atoms with E-state index in [0.29, 0.717) is 11.8 Å². The van der Waals surface area contributed by atoms with Gasteiger partial charge in [-0.05, 0) is 63.2 Å². The van der Waals surface area contributed by atoms with Gasteiger partial charge in [-0.1, -0.05) is 120 Å². The molecule has 0 fully saturated rings. The van der Waals surface area contributed by atoms with E-state index in [1.807, 2.05) is 0 Å². The number of para-hydroxylation sites is 1. The molecule has 0 saturated heterocycles. The van der Waals surface area contributed by atoms with Crippen molar-refractivity contribution in [3.05, 3.63) is 108 Å². The Morgan fingerprint density at radius 2 is 1.29 bits per heavy atom. The van der Waals surface area contributed by atoms with Crippen molar-refractivity contribution in [2.24, 2.45) is 7.05 Å². The Balaban J connectivity index is 1.78. The predicted molar refractivity (Wildman–Crippen MR) is 182 cm³/mol. The molecule has 2 nitrogen and oxygen atoms in total. The monoisotopic (exact) mass is 565 g/mol. The van der Waals surface area contributed by atoms with Crippen molar-refractivity contribution in [1.82, 2.24) is 4.57 Å². The van der Waals surface area contributed by atoms with Gasteiger partial charge in [-0.3, -0.25) is 0 Å². The summed E-state index contributed by atoms with van der Waals surface area (Å²) in [6.45, 7) is 16.7. The van der Waals surface area contributed by atoms with Gasteiger partial charge in [-0.25, -0.2) is 4.57 Å². The smallest absolute Gasteiger partial charge is 0.225 e. The number of benzene rings is 5. The molecule has 6 aromatic rings. The highest BCUT2D eigenvalue weighted by Gasteiger charge is 2.43. The highest BCUT2D eigenvalue weighted by Crippen LogP contribution is 2.41. The molecule has 0 spiro atoms. The minimum absolute atomic E-state index is 0.391. The molecule has 5 aromatic carbocycles. The van der Waals surface area contributed by atoms with Gasteiger partial charge in [0.05, 0.1) is 12.6 Å². The number of imidazole rings is 1. The van der Waals surface area contributed by atoms with Crippen LogP contribution >= 0.6 is 0 Å². The van der Waals surface area contributed by atoms with Crippen LogP contribution in [0.1, 0.15) is 56.2 Å². The molecule has 0 bridgehead atoms. The fourth-order valence-electron chi connectivity index (χ4n) is 7.54. The summed E-state index contributed by atoms with van der Waals surface area (Å²) in [7, 11) is 0.334. The summed E-state index contributed by atoms with van der Waals surface area (Å²) < 4.78 is 5.12. The number of aryl methyl sites for hydroxylation is 2. The van der Waals surface area contributed by atoms with Gasteiger partial charge in [0.1, 0.15) is 13.8 Å². The third-order valence-electron chi connectivity index (χ3n) is 9.75. The maximum Gasteiger partial charge on any atom is 0.295 e. The van der Waals surface area contributed by atoms with Crippen LogP contribution in [0.15, 0.2) is 91.0 Å². The molecule has 2 heterocycles. The molecular weight excluding hydrogens is 525 g/mol. The van der Waals surface area contributed by atoms with Crippen molar-refractivity contribution < 1.29 is 4.57 Å². The fraction of sp³-hybridized carbons (Fsp3) is 0.256. The van der Waals surface area contributed by atoms with Gasteiger partial charge < -0.3 is 0 Å². The lowest BCUT2D eigenvalue weighted by Crippen LogP contribution is -2.49. The van der Waals surface area contributed by atoms with Gasteiger partial charge in [0.25, 0.3) is 5.82 Å². The van der Waals surface area contributed by atoms with E-state index < -0.39 is 8.07 Å². The first kappa shape index (κ1) is 26.9. The molecule has 0 N–H and O–H groups in total. The van der Waals surface area contributed by atoms with Crippen molar-refractivity contribution >= 4 is 40.3 Å². The average Bonchev–Trinajstić information content (AvgIpc) is 3.40. The minimum Gasteiger partial charge on any atom is -0.225 e. The summed E-state index contributed by atoms with van der Waals surface area (Å²) >= 11 is 0. The maximum absolute atomic E-state index is 2.67. The van der Waals surface area contributed by atoms with Gasteiger partial charge in [0, 0.05) is 16.7 Å². The Bertz CT molecular complexity index is 2010. The van der Waals surface area contributed by atoms with E-state index in [4.69, 9.17) is 0 Å². The van der Waals surface area contributed by atoms with Crippen LogP contribution in [0.3, 0.4) is 0 Å². The second kappa shape index (κ2) is 9.54. The SMILES string of the molecule is Cc1ccccc1-c1n(C)c2ccc3c(c2[n+]1-c1c(C(C)C)cccc1C(C)C)-c1c(ccc2ccccc12)[Si]3(C)C. The number of aromatic nitrogens is 2. The summed E-state index contributed by atoms with van der Waals surface area (Å²) in [5.41, 5.74) is 12.3. The average molecular weight is 566 g/mol. The summed E-state index contributed by atoms with van der Waals surface area (Å²) in [6, 6.07) is 34.5. The fourth-order valence-corrected chi connectivity index (χ4v) is 10.6. The van der Waals surface area contributed by atoms with Gasteiger partial charge in [0.15, 0.2) is 11.0 Å². The number of hydrogen-bond acceptors (Lipinski definition) is 0. The van der Waals surface area contributed by atoms with E-state index in [0.717, 1.165) is 0 Å². The standard InChI is InChI=1S/C39H41N2Si/c1-24(2)28-18-13-19-29(25(3)4)37(28)41-38-32(40(6)39(41)30-16-11-9-14-26(30)5)21-23-34-36(38)35-31-17-12-10-15-27(31)20-22-33(35)42(34,7)8/h9-25H,1-8H3/q+1. The number of rotatable bonds is 4. The van der Waals surface area contributed by atoms with Gasteiger partial charge in [-0.15, -0.1) is 0 Å². The highest BCUT2D eigenvalue weighted by molar-refractivity contribution is 7.04. The van der Waals surface area contributed by atoms with Crippen LogP contribution < -0.4 is 14.9 Å². The van der Waals surface area contributed by atoms with Crippen LogP contribution in [0.25, 0.3) is 50.0 Å². The highest BCUT2D eigenvalue weighted by atomic mass is 28.3. The molecule has 0 radical (unpaired) electrons. The number of fused-ring (bicyclic) bond motifs is 7. The van der Waals surface area contributed by atoms with E-state index in [-0.39, 0.29) is 0 Å². The zero-order valence-electron chi connectivity index (χ0n) is 26.2. The maximum atomic E-state index is 2.67. The molecule has 7 rings (SSSR count). The van der Waals surface area contributed by atoms with Crippen LogP contribution in [-0.2, 0) is 7.05 Å². The van der Waals surface area contributed by atoms with Crippen molar-refractivity contribution in [1.29, 1.82) is 0 Å². The Hall–Kier alpha value is -3.95. The van der Waals surface area contributed by atoms with E-state index >= 15 is 0 Å². The summed E-state index contributed by atoms with van der Waals surface area (Å²) in [5, 5.41) is 5.79. The third kappa shape index (κ3) is 3.66. The Morgan fingerprint density at radius 3 is 1.98 bits per heavy atom. The predicted octanol–water partition coefficient (Wildman–Crippen LogP) is 8.63. The number of nitrogens with zero attached hydrogens (tertiary/aromatic N) is 2. The number of hydrogen-bond donors (Lipinski definition) is 0. The van der Waals surface area contributed by atoms with Crippen LogP contribution in [0, 0.1) is 6.92 Å². The van der Waals surface area contributed by atoms with Gasteiger partial charge >= 0.3 is 0 Å². The summed E-state index contributed by atoms with van der Waals surface area (Å²) in [5.74, 6) is 2.03. The molecule has 0 saturated carbocycles. The Kier molecular flexibility index (Phi) is 6.11. The van der Waals surface area contributed by atoms with Crippen LogP contribution in [0.4, 0.5) is 0 Å². The van der Waals surface area contributed by atoms with E-state index in [2.05, 4.69) is 155 Å². The lowest BCUT2D eigenvalue weighted by Gasteiger charge is -2.19. The van der Waals surface area contributed by atoms with Crippen LogP contribution in [0.5, 0.6) is 0 Å². The first-order chi connectivity index (χ1) is 20.1. The van der Waals surface area contributed by atoms with Crippen molar-refractivity contribution in [3.8, 4) is 28.2 Å². The Morgan fingerprint density at radius 1 is 0.667 bits per heavy atom. The first-order valence-corrected chi connectivity index (χ1v) is 18.4. The molecule has 0 aliphatic carbocycles. The van der Waals surface area contributed by atoms with E-state index in [1.54, 1.807) is 10.4 Å². The molecule has 210 valence electrons. The van der Waals surface area contributed by atoms with Crippen LogP contribution in [0.2, 0.25) is 13.1 Å². The summed E-state index contributed by atoms with van der Waals surface area (Å²) in [4.78, 5) is 0. The third-order valence-corrected chi connectivity index (χ3v) is 13.3. The van der Waals surface area contributed by atoms with E-state index in [9.17, 15) is 0 Å². The molecular formula is C39H41N2Si+. The van der Waals surface area contributed by atoms with Gasteiger partial charge in [0.2, 0.25) is 0 Å². The van der Waals surface area contributed by atoms with Crippen molar-refractivity contribution in [2.45, 2.75) is 59.5 Å².